The summed E-state index contributed by atoms with van der Waals surface area (Å²) in [6.45, 7) is -0.725. The van der Waals surface area contributed by atoms with Crippen LogP contribution >= 0.6 is 0 Å². The molecule has 0 spiro atoms. The van der Waals surface area contributed by atoms with Crippen LogP contribution in [0.15, 0.2) is 0 Å². The Balaban J connectivity index is 4.43. The molecule has 0 amide bonds. The van der Waals surface area contributed by atoms with Crippen LogP contribution in [0.2, 0.25) is 0 Å². The molecule has 0 atom stereocenters. The molecule has 0 saturated heterocycles. The van der Waals surface area contributed by atoms with E-state index in [4.69, 9.17) is 5.14 Å². The van der Waals surface area contributed by atoms with E-state index >= 15 is 0 Å². The Labute approximate surface area is 113 Å². The van der Waals surface area contributed by atoms with Gasteiger partial charge in [-0.05, 0) is 12.8 Å². The molecule has 116 valence electrons. The number of hydrogen-bond acceptors (Lipinski definition) is 8. The third-order valence-corrected chi connectivity index (χ3v) is 4.53. The SMILES string of the molecule is CS(=O)(=O)OCCC(CCOS(C)(=O)=O)S(N)(=O)=O. The van der Waals surface area contributed by atoms with Crippen LogP contribution in [0.1, 0.15) is 12.8 Å². The standard InChI is InChI=1S/C7H17NO8S3/c1-17(9,10)15-5-3-7(19(8,13)14)4-6-16-18(2,11)12/h7H,3-6H2,1-2H3,(H2,8,13,14). The summed E-state index contributed by atoms with van der Waals surface area (Å²) in [5.41, 5.74) is 0. The Morgan fingerprint density at radius 3 is 1.37 bits per heavy atom. The van der Waals surface area contributed by atoms with E-state index in [9.17, 15) is 25.3 Å². The van der Waals surface area contributed by atoms with Gasteiger partial charge in [-0.1, -0.05) is 0 Å². The molecule has 0 aliphatic heterocycles. The molecule has 0 bridgehead atoms. The maximum absolute atomic E-state index is 11.2. The first-order valence-electron chi connectivity index (χ1n) is 5.02. The van der Waals surface area contributed by atoms with Crippen molar-refractivity contribution in [2.75, 3.05) is 25.7 Å². The molecule has 0 aromatic heterocycles. The van der Waals surface area contributed by atoms with E-state index in [1.54, 1.807) is 0 Å². The molecule has 0 aromatic rings. The Kier molecular flexibility index (Phi) is 6.85. The van der Waals surface area contributed by atoms with Crippen LogP contribution in [0.25, 0.3) is 0 Å². The van der Waals surface area contributed by atoms with Gasteiger partial charge in [0.15, 0.2) is 0 Å². The second kappa shape index (κ2) is 6.95. The average molecular weight is 339 g/mol. The molecule has 0 aliphatic rings. The molecule has 12 heteroatoms. The predicted octanol–water partition coefficient (Wildman–Crippen LogP) is -1.62. The van der Waals surface area contributed by atoms with Crippen molar-refractivity contribution in [2.45, 2.75) is 18.1 Å². The summed E-state index contributed by atoms with van der Waals surface area (Å²) in [5, 5.41) is 3.80. The highest BCUT2D eigenvalue weighted by atomic mass is 32.2. The summed E-state index contributed by atoms with van der Waals surface area (Å²) in [7, 11) is -11.3. The van der Waals surface area contributed by atoms with E-state index in [0.717, 1.165) is 12.5 Å². The molecule has 0 aliphatic carbocycles. The van der Waals surface area contributed by atoms with Crippen LogP contribution < -0.4 is 5.14 Å². The average Bonchev–Trinajstić information content (AvgIpc) is 2.09. The number of nitrogens with two attached hydrogens (primary N) is 1. The van der Waals surface area contributed by atoms with Gasteiger partial charge in [0, 0.05) is 0 Å². The number of primary sulfonamides is 1. The molecule has 0 heterocycles. The van der Waals surface area contributed by atoms with Gasteiger partial charge in [-0.15, -0.1) is 0 Å². The van der Waals surface area contributed by atoms with E-state index in [2.05, 4.69) is 8.37 Å². The van der Waals surface area contributed by atoms with E-state index in [-0.39, 0.29) is 26.1 Å². The van der Waals surface area contributed by atoms with Crippen molar-refractivity contribution >= 4 is 30.3 Å². The Hall–Kier alpha value is -0.270. The van der Waals surface area contributed by atoms with Crippen LogP contribution in [-0.4, -0.2) is 56.2 Å². The van der Waals surface area contributed by atoms with Gasteiger partial charge in [0.1, 0.15) is 0 Å². The molecule has 0 radical (unpaired) electrons. The molecular formula is C7H17NO8S3. The minimum atomic E-state index is -3.95. The summed E-state index contributed by atoms with van der Waals surface area (Å²) in [4.78, 5) is 0. The van der Waals surface area contributed by atoms with Crippen molar-refractivity contribution in [3.05, 3.63) is 0 Å². The highest BCUT2D eigenvalue weighted by molar-refractivity contribution is 7.89. The molecule has 0 aromatic carbocycles. The fourth-order valence-corrected chi connectivity index (χ4v) is 2.78. The van der Waals surface area contributed by atoms with Crippen LogP contribution in [0.5, 0.6) is 0 Å². The lowest BCUT2D eigenvalue weighted by atomic mass is 10.2. The first-order valence-corrected chi connectivity index (χ1v) is 10.3. The highest BCUT2D eigenvalue weighted by Gasteiger charge is 2.22. The minimum Gasteiger partial charge on any atom is -0.270 e. The second-order valence-electron chi connectivity index (χ2n) is 3.84. The van der Waals surface area contributed by atoms with E-state index in [1.165, 1.54) is 0 Å². The van der Waals surface area contributed by atoms with Gasteiger partial charge in [0.05, 0.1) is 31.0 Å². The van der Waals surface area contributed by atoms with Gasteiger partial charge in [0.2, 0.25) is 10.0 Å². The first-order chi connectivity index (χ1) is 8.31. The molecule has 9 nitrogen and oxygen atoms in total. The molecular weight excluding hydrogens is 322 g/mol. The highest BCUT2D eigenvalue weighted by Crippen LogP contribution is 2.09. The number of hydrogen-bond donors (Lipinski definition) is 1. The van der Waals surface area contributed by atoms with Gasteiger partial charge in [-0.2, -0.15) is 16.8 Å². The zero-order valence-electron chi connectivity index (χ0n) is 10.5. The maximum Gasteiger partial charge on any atom is 0.264 e. The van der Waals surface area contributed by atoms with Crippen molar-refractivity contribution in [3.63, 3.8) is 0 Å². The van der Waals surface area contributed by atoms with Crippen molar-refractivity contribution in [1.82, 2.24) is 0 Å². The lowest BCUT2D eigenvalue weighted by Gasteiger charge is -2.13. The topological polar surface area (TPSA) is 147 Å². The summed E-state index contributed by atoms with van der Waals surface area (Å²) in [6.07, 6.45) is 1.29. The van der Waals surface area contributed by atoms with Crippen LogP contribution in [0.3, 0.4) is 0 Å². The summed E-state index contributed by atoms with van der Waals surface area (Å²) < 4.78 is 74.0. The third-order valence-electron chi connectivity index (χ3n) is 1.94. The molecule has 2 N–H and O–H groups in total. The minimum absolute atomic E-state index is 0.182. The van der Waals surface area contributed by atoms with Crippen LogP contribution in [-0.2, 0) is 38.6 Å². The van der Waals surface area contributed by atoms with Crippen molar-refractivity contribution < 1.29 is 33.6 Å². The van der Waals surface area contributed by atoms with E-state index in [0.29, 0.717) is 0 Å². The summed E-state index contributed by atoms with van der Waals surface area (Å²) >= 11 is 0. The second-order valence-corrected chi connectivity index (χ2v) is 8.97. The monoisotopic (exact) mass is 339 g/mol. The van der Waals surface area contributed by atoms with Crippen molar-refractivity contribution in [3.8, 4) is 0 Å². The lowest BCUT2D eigenvalue weighted by Crippen LogP contribution is -2.31. The smallest absolute Gasteiger partial charge is 0.264 e. The third kappa shape index (κ3) is 11.3. The van der Waals surface area contributed by atoms with Gasteiger partial charge in [0.25, 0.3) is 20.2 Å². The van der Waals surface area contributed by atoms with Gasteiger partial charge >= 0.3 is 0 Å². The Morgan fingerprint density at radius 2 is 1.16 bits per heavy atom. The van der Waals surface area contributed by atoms with E-state index < -0.39 is 35.5 Å². The number of rotatable bonds is 9. The van der Waals surface area contributed by atoms with Crippen molar-refractivity contribution in [1.29, 1.82) is 0 Å². The molecule has 0 rings (SSSR count). The van der Waals surface area contributed by atoms with Crippen LogP contribution in [0.4, 0.5) is 0 Å². The first kappa shape index (κ1) is 18.7. The molecule has 0 unspecified atom stereocenters. The Morgan fingerprint density at radius 1 is 0.842 bits per heavy atom. The van der Waals surface area contributed by atoms with Crippen molar-refractivity contribution in [2.24, 2.45) is 5.14 Å². The van der Waals surface area contributed by atoms with Gasteiger partial charge in [-0.3, -0.25) is 8.37 Å². The molecule has 0 saturated carbocycles. The quantitative estimate of drug-likeness (QED) is 0.493. The zero-order valence-corrected chi connectivity index (χ0v) is 12.9. The summed E-state index contributed by atoms with van der Waals surface area (Å²) in [5.74, 6) is 0. The molecule has 0 fully saturated rings. The summed E-state index contributed by atoms with van der Waals surface area (Å²) in [6, 6.07) is 0. The molecule has 19 heavy (non-hydrogen) atoms. The fourth-order valence-electron chi connectivity index (χ4n) is 1.13. The normalized spacial score (nSPS) is 13.9. The predicted molar refractivity (Wildman–Crippen MR) is 67.7 cm³/mol. The van der Waals surface area contributed by atoms with E-state index in [1.807, 2.05) is 0 Å². The number of sulfonamides is 1. The fraction of sp³-hybridized carbons (Fsp3) is 1.00. The van der Waals surface area contributed by atoms with Gasteiger partial charge < -0.3 is 0 Å². The van der Waals surface area contributed by atoms with Crippen LogP contribution in [0, 0.1) is 0 Å². The largest absolute Gasteiger partial charge is 0.270 e. The van der Waals surface area contributed by atoms with Gasteiger partial charge in [-0.25, -0.2) is 13.6 Å². The maximum atomic E-state index is 11.2. The zero-order chi connectivity index (χ0) is 15.3. The Bertz CT molecular complexity index is 538. The lowest BCUT2D eigenvalue weighted by molar-refractivity contribution is 0.287.